The van der Waals surface area contributed by atoms with Crippen LogP contribution in [0, 0.1) is 0 Å². The van der Waals surface area contributed by atoms with E-state index in [9.17, 15) is 0 Å². The fourth-order valence-electron chi connectivity index (χ4n) is 2.35. The van der Waals surface area contributed by atoms with Crippen LogP contribution >= 0.6 is 0 Å². The lowest BCUT2D eigenvalue weighted by molar-refractivity contribution is 0.639. The van der Waals surface area contributed by atoms with Gasteiger partial charge in [-0.05, 0) is 37.1 Å². The van der Waals surface area contributed by atoms with Crippen LogP contribution < -0.4 is 5.32 Å². The second-order valence-electron chi connectivity index (χ2n) is 4.16. The Balaban J connectivity index is 2.04. The first-order chi connectivity index (χ1) is 7.95. The number of nitrogens with one attached hydrogen (secondary N) is 1. The molecule has 1 unspecified atom stereocenters. The van der Waals surface area contributed by atoms with Crippen molar-refractivity contribution in [2.24, 2.45) is 0 Å². The molecule has 1 aliphatic heterocycles. The predicted octanol–water partition coefficient (Wildman–Crippen LogP) is 2.30. The highest BCUT2D eigenvalue weighted by Gasteiger charge is 2.19. The highest BCUT2D eigenvalue weighted by Crippen LogP contribution is 2.27. The fraction of sp³-hybridized carbons (Fsp3) is 0.308. The third-order valence-corrected chi connectivity index (χ3v) is 3.12. The van der Waals surface area contributed by atoms with Gasteiger partial charge in [-0.1, -0.05) is 18.2 Å². The zero-order valence-electron chi connectivity index (χ0n) is 9.13. The van der Waals surface area contributed by atoms with Crippen molar-refractivity contribution in [2.75, 3.05) is 6.54 Å². The Hall–Kier alpha value is -1.61. The topological polar surface area (TPSA) is 29.9 Å². The molecule has 0 radical (unpaired) electrons. The lowest BCUT2D eigenvalue weighted by Gasteiger charge is -2.15. The normalized spacial score (nSPS) is 20.1. The third-order valence-electron chi connectivity index (χ3n) is 3.12. The number of para-hydroxylation sites is 1. The Morgan fingerprint density at radius 2 is 2.19 bits per heavy atom. The Morgan fingerprint density at radius 1 is 1.25 bits per heavy atom. The summed E-state index contributed by atoms with van der Waals surface area (Å²) in [7, 11) is 0. The summed E-state index contributed by atoms with van der Waals surface area (Å²) in [5, 5.41) is 7.84. The highest BCUT2D eigenvalue weighted by molar-refractivity contribution is 5.42. The second kappa shape index (κ2) is 4.10. The fourth-order valence-corrected chi connectivity index (χ4v) is 2.35. The largest absolute Gasteiger partial charge is 0.310 e. The van der Waals surface area contributed by atoms with Gasteiger partial charge >= 0.3 is 0 Å². The zero-order chi connectivity index (χ0) is 10.8. The van der Waals surface area contributed by atoms with Gasteiger partial charge in [-0.3, -0.25) is 0 Å². The lowest BCUT2D eigenvalue weighted by Crippen LogP contribution is -2.15. The van der Waals surface area contributed by atoms with Crippen LogP contribution in [-0.4, -0.2) is 16.3 Å². The Bertz CT molecular complexity index is 456. The van der Waals surface area contributed by atoms with Gasteiger partial charge in [-0.2, -0.15) is 5.10 Å². The summed E-state index contributed by atoms with van der Waals surface area (Å²) in [4.78, 5) is 0. The van der Waals surface area contributed by atoms with Crippen molar-refractivity contribution in [3.63, 3.8) is 0 Å². The molecule has 0 aliphatic carbocycles. The van der Waals surface area contributed by atoms with Gasteiger partial charge in [0.05, 0.1) is 5.69 Å². The van der Waals surface area contributed by atoms with Crippen LogP contribution in [0.15, 0.2) is 42.7 Å². The molecule has 3 nitrogen and oxygen atoms in total. The standard InChI is InChI=1S/C13H15N3/c1-2-7-13(16-10-4-9-15-16)11(5-1)12-6-3-8-14-12/h1-2,4-5,7,9-10,12,14H,3,6,8H2. The van der Waals surface area contributed by atoms with E-state index in [4.69, 9.17) is 0 Å². The molecule has 2 heterocycles. The van der Waals surface area contributed by atoms with Crippen LogP contribution in [0.25, 0.3) is 5.69 Å². The van der Waals surface area contributed by atoms with E-state index in [-0.39, 0.29) is 0 Å². The molecule has 0 spiro atoms. The molecule has 0 bridgehead atoms. The molecule has 16 heavy (non-hydrogen) atoms. The Labute approximate surface area is 95.1 Å². The number of hydrogen-bond acceptors (Lipinski definition) is 2. The van der Waals surface area contributed by atoms with Crippen LogP contribution in [0.5, 0.6) is 0 Å². The van der Waals surface area contributed by atoms with E-state index >= 15 is 0 Å². The van der Waals surface area contributed by atoms with E-state index in [1.54, 1.807) is 0 Å². The molecule has 0 saturated carbocycles. The Morgan fingerprint density at radius 3 is 2.94 bits per heavy atom. The molecule has 1 fully saturated rings. The number of benzene rings is 1. The van der Waals surface area contributed by atoms with Crippen LogP contribution in [0.1, 0.15) is 24.4 Å². The zero-order valence-corrected chi connectivity index (χ0v) is 9.13. The average molecular weight is 213 g/mol. The van der Waals surface area contributed by atoms with Gasteiger partial charge in [-0.25, -0.2) is 4.68 Å². The minimum Gasteiger partial charge on any atom is -0.310 e. The second-order valence-corrected chi connectivity index (χ2v) is 4.16. The molecule has 1 aliphatic rings. The van der Waals surface area contributed by atoms with Crippen molar-refractivity contribution < 1.29 is 0 Å². The van der Waals surface area contributed by atoms with Crippen molar-refractivity contribution in [3.05, 3.63) is 48.3 Å². The quantitative estimate of drug-likeness (QED) is 0.829. The molecule has 82 valence electrons. The molecule has 1 N–H and O–H groups in total. The van der Waals surface area contributed by atoms with E-state index in [1.807, 2.05) is 23.1 Å². The first-order valence-corrected chi connectivity index (χ1v) is 5.77. The molecule has 0 amide bonds. The van der Waals surface area contributed by atoms with Crippen molar-refractivity contribution in [3.8, 4) is 5.69 Å². The van der Waals surface area contributed by atoms with E-state index in [0.29, 0.717) is 6.04 Å². The van der Waals surface area contributed by atoms with Crippen LogP contribution in [-0.2, 0) is 0 Å². The minimum absolute atomic E-state index is 0.486. The van der Waals surface area contributed by atoms with Gasteiger partial charge in [-0.15, -0.1) is 0 Å². The van der Waals surface area contributed by atoms with Crippen LogP contribution in [0.4, 0.5) is 0 Å². The molecular formula is C13H15N3. The summed E-state index contributed by atoms with van der Waals surface area (Å²) >= 11 is 0. The summed E-state index contributed by atoms with van der Waals surface area (Å²) in [6.07, 6.45) is 6.29. The molecule has 1 atom stereocenters. The van der Waals surface area contributed by atoms with E-state index < -0.39 is 0 Å². The molecule has 3 heteroatoms. The molecule has 1 aromatic heterocycles. The molecule has 1 aromatic carbocycles. The van der Waals surface area contributed by atoms with Crippen LogP contribution in [0.3, 0.4) is 0 Å². The summed E-state index contributed by atoms with van der Waals surface area (Å²) in [5.41, 5.74) is 2.54. The highest BCUT2D eigenvalue weighted by atomic mass is 15.3. The molecule has 3 rings (SSSR count). The van der Waals surface area contributed by atoms with Gasteiger partial charge in [0.1, 0.15) is 0 Å². The Kier molecular flexibility index (Phi) is 2.46. The maximum Gasteiger partial charge on any atom is 0.0693 e. The monoisotopic (exact) mass is 213 g/mol. The molecule has 2 aromatic rings. The predicted molar refractivity (Wildman–Crippen MR) is 63.5 cm³/mol. The molecular weight excluding hydrogens is 198 g/mol. The molecule has 1 saturated heterocycles. The first-order valence-electron chi connectivity index (χ1n) is 5.77. The van der Waals surface area contributed by atoms with Gasteiger partial charge in [0.15, 0.2) is 0 Å². The SMILES string of the molecule is c1ccc(-n2cccn2)c(C2CCCN2)c1. The number of hydrogen-bond donors (Lipinski definition) is 1. The average Bonchev–Trinajstić information content (AvgIpc) is 3.03. The summed E-state index contributed by atoms with van der Waals surface area (Å²) in [5.74, 6) is 0. The summed E-state index contributed by atoms with van der Waals surface area (Å²) in [6.45, 7) is 1.12. The summed E-state index contributed by atoms with van der Waals surface area (Å²) < 4.78 is 1.94. The number of nitrogens with zero attached hydrogens (tertiary/aromatic N) is 2. The lowest BCUT2D eigenvalue weighted by atomic mass is 10.0. The first kappa shape index (κ1) is 9.60. The van der Waals surface area contributed by atoms with Crippen molar-refractivity contribution >= 4 is 0 Å². The van der Waals surface area contributed by atoms with Crippen molar-refractivity contribution in [1.82, 2.24) is 15.1 Å². The minimum atomic E-state index is 0.486. The maximum absolute atomic E-state index is 4.31. The van der Waals surface area contributed by atoms with Gasteiger partial charge in [0.2, 0.25) is 0 Å². The van der Waals surface area contributed by atoms with Gasteiger partial charge in [0, 0.05) is 18.4 Å². The summed E-state index contributed by atoms with van der Waals surface area (Å²) in [6, 6.07) is 10.9. The maximum atomic E-state index is 4.31. The number of aromatic nitrogens is 2. The smallest absolute Gasteiger partial charge is 0.0693 e. The van der Waals surface area contributed by atoms with Gasteiger partial charge < -0.3 is 5.32 Å². The van der Waals surface area contributed by atoms with E-state index in [0.717, 1.165) is 6.54 Å². The van der Waals surface area contributed by atoms with Crippen LogP contribution in [0.2, 0.25) is 0 Å². The van der Waals surface area contributed by atoms with E-state index in [2.05, 4.69) is 34.7 Å². The van der Waals surface area contributed by atoms with Crippen molar-refractivity contribution in [2.45, 2.75) is 18.9 Å². The van der Waals surface area contributed by atoms with E-state index in [1.165, 1.54) is 24.1 Å². The third kappa shape index (κ3) is 1.63. The van der Waals surface area contributed by atoms with Gasteiger partial charge in [0.25, 0.3) is 0 Å². The number of rotatable bonds is 2. The van der Waals surface area contributed by atoms with Crippen molar-refractivity contribution in [1.29, 1.82) is 0 Å².